The van der Waals surface area contributed by atoms with Gasteiger partial charge in [-0.2, -0.15) is 0 Å². The molecule has 0 bridgehead atoms. The molecule has 1 atom stereocenters. The van der Waals surface area contributed by atoms with Crippen LogP contribution in [0.25, 0.3) is 11.3 Å². The Morgan fingerprint density at radius 2 is 1.94 bits per heavy atom. The van der Waals surface area contributed by atoms with Crippen LogP contribution in [0, 0.1) is 11.3 Å². The summed E-state index contributed by atoms with van der Waals surface area (Å²) in [4.78, 5) is 26.3. The van der Waals surface area contributed by atoms with Crippen molar-refractivity contribution in [3.8, 4) is 11.3 Å². The average Bonchev–Trinajstić information content (AvgIpc) is 3.33. The number of hydrogen-bond donors (Lipinski definition) is 2. The zero-order chi connectivity index (χ0) is 23.2. The average molecular weight is 491 g/mol. The van der Waals surface area contributed by atoms with E-state index in [1.54, 1.807) is 30.3 Å². The number of fused-ring (bicyclic) bond motifs is 1. The summed E-state index contributed by atoms with van der Waals surface area (Å²) in [6.45, 7) is 6.69. The molecule has 4 rings (SSSR count). The molecule has 5 nitrogen and oxygen atoms in total. The van der Waals surface area contributed by atoms with Gasteiger partial charge in [-0.25, -0.2) is 0 Å². The number of primary amides is 1. The number of nitrogens with one attached hydrogen (secondary N) is 1. The number of furan rings is 1. The molecule has 2 amide bonds. The number of amides is 2. The molecule has 1 aliphatic rings. The third-order valence-electron chi connectivity index (χ3n) is 6.01. The summed E-state index contributed by atoms with van der Waals surface area (Å²) in [6.07, 6.45) is 2.64. The van der Waals surface area contributed by atoms with Gasteiger partial charge < -0.3 is 15.5 Å². The number of anilines is 1. The van der Waals surface area contributed by atoms with Crippen LogP contribution in [0.4, 0.5) is 5.00 Å². The maximum Gasteiger partial charge on any atom is 0.292 e. The van der Waals surface area contributed by atoms with Gasteiger partial charge in [-0.05, 0) is 60.4 Å². The zero-order valence-corrected chi connectivity index (χ0v) is 20.4. The minimum absolute atomic E-state index is 0.102. The van der Waals surface area contributed by atoms with Gasteiger partial charge in [-0.15, -0.1) is 11.3 Å². The summed E-state index contributed by atoms with van der Waals surface area (Å²) >= 11 is 13.8. The second-order valence-electron chi connectivity index (χ2n) is 9.10. The van der Waals surface area contributed by atoms with Crippen molar-refractivity contribution in [2.24, 2.45) is 17.1 Å². The third-order valence-corrected chi connectivity index (χ3v) is 8.00. The molecule has 0 fully saturated rings. The van der Waals surface area contributed by atoms with Crippen LogP contribution in [0.2, 0.25) is 10.0 Å². The van der Waals surface area contributed by atoms with Crippen molar-refractivity contribution < 1.29 is 14.0 Å². The maximum absolute atomic E-state index is 12.9. The highest BCUT2D eigenvalue weighted by molar-refractivity contribution is 7.17. The number of carbonyl (C=O) groups excluding carboxylic acids is 2. The summed E-state index contributed by atoms with van der Waals surface area (Å²) in [5, 5.41) is 4.06. The highest BCUT2D eigenvalue weighted by Crippen LogP contribution is 2.44. The summed E-state index contributed by atoms with van der Waals surface area (Å²) in [5.41, 5.74) is 7.83. The molecule has 0 radical (unpaired) electrons. The zero-order valence-electron chi connectivity index (χ0n) is 18.1. The van der Waals surface area contributed by atoms with E-state index in [1.165, 1.54) is 11.3 Å². The molecule has 8 heteroatoms. The van der Waals surface area contributed by atoms with Crippen LogP contribution < -0.4 is 11.1 Å². The first-order chi connectivity index (χ1) is 15.1. The Hall–Kier alpha value is -2.28. The summed E-state index contributed by atoms with van der Waals surface area (Å²) in [6, 6.07) is 8.42. The monoisotopic (exact) mass is 490 g/mol. The van der Waals surface area contributed by atoms with Gasteiger partial charge in [0.2, 0.25) is 0 Å². The number of carbonyl (C=O) groups is 2. The molecule has 0 saturated heterocycles. The second kappa shape index (κ2) is 8.58. The summed E-state index contributed by atoms with van der Waals surface area (Å²) < 4.78 is 5.74. The van der Waals surface area contributed by atoms with E-state index in [0.29, 0.717) is 37.9 Å². The van der Waals surface area contributed by atoms with Gasteiger partial charge in [-0.1, -0.05) is 50.0 Å². The molecule has 3 N–H and O–H groups in total. The predicted octanol–water partition coefficient (Wildman–Crippen LogP) is 6.82. The first kappa shape index (κ1) is 22.9. The third kappa shape index (κ3) is 4.32. The van der Waals surface area contributed by atoms with Crippen molar-refractivity contribution in [2.45, 2.75) is 40.0 Å². The Labute approximate surface area is 200 Å². The van der Waals surface area contributed by atoms with Crippen molar-refractivity contribution in [2.75, 3.05) is 5.32 Å². The fourth-order valence-electron chi connectivity index (χ4n) is 4.14. The Morgan fingerprint density at radius 3 is 2.62 bits per heavy atom. The van der Waals surface area contributed by atoms with Crippen molar-refractivity contribution in [3.63, 3.8) is 0 Å². The van der Waals surface area contributed by atoms with Crippen LogP contribution in [-0.2, 0) is 12.8 Å². The first-order valence-electron chi connectivity index (χ1n) is 10.4. The highest BCUT2D eigenvalue weighted by Gasteiger charge is 2.33. The molecule has 32 heavy (non-hydrogen) atoms. The standard InChI is InChI=1S/C24H24Cl2N2O3S/c1-24(2,3)12-7-8-14-18(11-12)32-23(19(14)21(27)29)28-22(30)17-10-9-16(31-17)13-5-4-6-15(25)20(13)26/h4-6,9-10,12H,7-8,11H2,1-3H3,(H2,27,29)(H,28,30)/t12-/m1/s1. The van der Waals surface area contributed by atoms with Gasteiger partial charge in [0.15, 0.2) is 5.76 Å². The van der Waals surface area contributed by atoms with E-state index < -0.39 is 11.8 Å². The number of hydrogen-bond acceptors (Lipinski definition) is 4. The summed E-state index contributed by atoms with van der Waals surface area (Å²) in [5.74, 6) is 0.0513. The molecular weight excluding hydrogens is 467 g/mol. The molecule has 0 unspecified atom stereocenters. The lowest BCUT2D eigenvalue weighted by Gasteiger charge is -2.33. The molecule has 2 aromatic heterocycles. The lowest BCUT2D eigenvalue weighted by Crippen LogP contribution is -2.27. The molecule has 168 valence electrons. The van der Waals surface area contributed by atoms with Crippen molar-refractivity contribution in [3.05, 3.63) is 62.1 Å². The fourth-order valence-corrected chi connectivity index (χ4v) is 5.86. The van der Waals surface area contributed by atoms with Crippen LogP contribution in [0.1, 0.15) is 58.5 Å². The molecular formula is C24H24Cl2N2O3S. The second-order valence-corrected chi connectivity index (χ2v) is 11.0. The number of thiophene rings is 1. The Balaban J connectivity index is 1.61. The van der Waals surface area contributed by atoms with Crippen LogP contribution >= 0.6 is 34.5 Å². The molecule has 1 aromatic carbocycles. The van der Waals surface area contributed by atoms with Crippen LogP contribution in [-0.4, -0.2) is 11.8 Å². The molecule has 0 spiro atoms. The van der Waals surface area contributed by atoms with Crippen molar-refractivity contribution in [1.82, 2.24) is 0 Å². The van der Waals surface area contributed by atoms with E-state index >= 15 is 0 Å². The largest absolute Gasteiger partial charge is 0.451 e. The van der Waals surface area contributed by atoms with E-state index in [-0.39, 0.29) is 11.2 Å². The van der Waals surface area contributed by atoms with E-state index in [2.05, 4.69) is 26.1 Å². The molecule has 2 heterocycles. The maximum atomic E-state index is 12.9. The minimum Gasteiger partial charge on any atom is -0.451 e. The normalized spacial score (nSPS) is 16.0. The van der Waals surface area contributed by atoms with Crippen LogP contribution in [0.3, 0.4) is 0 Å². The van der Waals surface area contributed by atoms with Gasteiger partial charge >= 0.3 is 0 Å². The van der Waals surface area contributed by atoms with E-state index in [1.807, 2.05) is 0 Å². The fraction of sp³-hybridized carbons (Fsp3) is 0.333. The Morgan fingerprint density at radius 1 is 1.19 bits per heavy atom. The van der Waals surface area contributed by atoms with E-state index in [9.17, 15) is 9.59 Å². The Bertz CT molecular complexity index is 1210. The first-order valence-corrected chi connectivity index (χ1v) is 11.9. The predicted molar refractivity (Wildman–Crippen MR) is 130 cm³/mol. The quantitative estimate of drug-likeness (QED) is 0.420. The Kier molecular flexibility index (Phi) is 6.14. The van der Waals surface area contributed by atoms with Crippen molar-refractivity contribution in [1.29, 1.82) is 0 Å². The number of halogens is 2. The lowest BCUT2D eigenvalue weighted by atomic mass is 9.72. The topological polar surface area (TPSA) is 85.3 Å². The number of nitrogens with two attached hydrogens (primary N) is 1. The molecule has 0 aliphatic heterocycles. The summed E-state index contributed by atoms with van der Waals surface area (Å²) in [7, 11) is 0. The van der Waals surface area contributed by atoms with Crippen LogP contribution in [0.5, 0.6) is 0 Å². The van der Waals surface area contributed by atoms with Gasteiger partial charge in [0, 0.05) is 10.4 Å². The smallest absolute Gasteiger partial charge is 0.292 e. The molecule has 3 aromatic rings. The van der Waals surface area contributed by atoms with Gasteiger partial charge in [0.25, 0.3) is 11.8 Å². The molecule has 0 saturated carbocycles. The lowest BCUT2D eigenvalue weighted by molar-refractivity contribution is 0.0997. The molecule has 1 aliphatic carbocycles. The number of rotatable bonds is 4. The van der Waals surface area contributed by atoms with Crippen molar-refractivity contribution >= 4 is 51.4 Å². The number of benzene rings is 1. The van der Waals surface area contributed by atoms with E-state index in [0.717, 1.165) is 29.7 Å². The van der Waals surface area contributed by atoms with E-state index in [4.69, 9.17) is 33.4 Å². The highest BCUT2D eigenvalue weighted by atomic mass is 35.5. The van der Waals surface area contributed by atoms with Gasteiger partial charge in [0.05, 0.1) is 15.6 Å². The van der Waals surface area contributed by atoms with Crippen LogP contribution in [0.15, 0.2) is 34.7 Å². The van der Waals surface area contributed by atoms with Gasteiger partial charge in [0.1, 0.15) is 10.8 Å². The SMILES string of the molecule is CC(C)(C)[C@@H]1CCc2c(sc(NC(=O)c3ccc(-c4cccc(Cl)c4Cl)o3)c2C(N)=O)C1. The van der Waals surface area contributed by atoms with Gasteiger partial charge in [-0.3, -0.25) is 9.59 Å². The minimum atomic E-state index is -0.530.